The van der Waals surface area contributed by atoms with E-state index in [2.05, 4.69) is 13.0 Å². The highest BCUT2D eigenvalue weighted by molar-refractivity contribution is 5.72. The van der Waals surface area contributed by atoms with Gasteiger partial charge in [-0.05, 0) is 67.0 Å². The lowest BCUT2D eigenvalue weighted by atomic mass is 9.99. The van der Waals surface area contributed by atoms with Gasteiger partial charge in [-0.15, -0.1) is 0 Å². The fourth-order valence-corrected chi connectivity index (χ4v) is 3.39. The van der Waals surface area contributed by atoms with Gasteiger partial charge in [-0.1, -0.05) is 26.0 Å². The van der Waals surface area contributed by atoms with Crippen molar-refractivity contribution in [2.75, 3.05) is 0 Å². The Morgan fingerprint density at radius 2 is 1.86 bits per heavy atom. The van der Waals surface area contributed by atoms with Crippen molar-refractivity contribution in [3.63, 3.8) is 0 Å². The molecule has 0 heterocycles. The van der Waals surface area contributed by atoms with E-state index in [-0.39, 0.29) is 24.3 Å². The number of carbonyl (C=O) groups is 1. The Hall–Kier alpha value is -2.50. The highest BCUT2D eigenvalue weighted by Gasteiger charge is 2.35. The fourth-order valence-electron chi connectivity index (χ4n) is 3.39. The Morgan fingerprint density at radius 1 is 1.14 bits per heavy atom. The van der Waals surface area contributed by atoms with Crippen LogP contribution in [0.1, 0.15) is 66.8 Å². The first-order valence-corrected chi connectivity index (χ1v) is 9.90. The molecule has 2 aromatic carbocycles. The van der Waals surface area contributed by atoms with Gasteiger partial charge in [0.2, 0.25) is 0 Å². The van der Waals surface area contributed by atoms with Crippen molar-refractivity contribution in [3.8, 4) is 11.5 Å². The molecule has 0 amide bonds. The van der Waals surface area contributed by atoms with Gasteiger partial charge in [-0.3, -0.25) is 4.79 Å². The molecule has 0 N–H and O–H groups in total. The summed E-state index contributed by atoms with van der Waals surface area (Å²) in [6.07, 6.45) is -1.50. The van der Waals surface area contributed by atoms with Crippen LogP contribution in [0.5, 0.6) is 11.5 Å². The van der Waals surface area contributed by atoms with Crippen LogP contribution in [-0.2, 0) is 24.0 Å². The predicted molar refractivity (Wildman–Crippen MR) is 104 cm³/mol. The largest absolute Gasteiger partial charge is 0.488 e. The lowest BCUT2D eigenvalue weighted by Gasteiger charge is -2.19. The van der Waals surface area contributed by atoms with Crippen LogP contribution in [0.3, 0.4) is 0 Å². The minimum Gasteiger partial charge on any atom is -0.488 e. The molecule has 2 aromatic rings. The lowest BCUT2D eigenvalue weighted by molar-refractivity contribution is -0.140. The monoisotopic (exact) mass is 406 g/mol. The second kappa shape index (κ2) is 8.47. The third-order valence-corrected chi connectivity index (χ3v) is 5.19. The van der Waals surface area contributed by atoms with Gasteiger partial charge in [0.05, 0.1) is 5.56 Å². The maximum Gasteiger partial charge on any atom is 0.416 e. The number of carbonyl (C=O) groups excluding carboxylic acids is 1. The van der Waals surface area contributed by atoms with E-state index in [9.17, 15) is 18.0 Å². The van der Waals surface area contributed by atoms with Gasteiger partial charge in [0.15, 0.2) is 0 Å². The minimum atomic E-state index is -4.57. The fraction of sp³-hybridized carbons (Fsp3) is 0.435. The summed E-state index contributed by atoms with van der Waals surface area (Å²) in [4.78, 5) is 11.7. The molecule has 3 rings (SSSR count). The summed E-state index contributed by atoms with van der Waals surface area (Å²) < 4.78 is 51.7. The number of halogens is 3. The Bertz CT molecular complexity index is 899. The molecule has 29 heavy (non-hydrogen) atoms. The molecule has 3 nitrogen and oxygen atoms in total. The van der Waals surface area contributed by atoms with E-state index in [0.717, 1.165) is 36.5 Å². The van der Waals surface area contributed by atoms with Crippen molar-refractivity contribution < 1.29 is 27.4 Å². The van der Waals surface area contributed by atoms with Gasteiger partial charge < -0.3 is 9.47 Å². The normalized spacial score (nSPS) is 14.0. The van der Waals surface area contributed by atoms with Crippen molar-refractivity contribution in [3.05, 3.63) is 58.1 Å². The summed E-state index contributed by atoms with van der Waals surface area (Å²) in [6, 6.07) is 7.60. The van der Waals surface area contributed by atoms with E-state index in [1.807, 2.05) is 13.0 Å². The molecule has 0 unspecified atom stereocenters. The van der Waals surface area contributed by atoms with Gasteiger partial charge in [0.25, 0.3) is 0 Å². The van der Waals surface area contributed by atoms with Gasteiger partial charge in [0, 0.05) is 12.0 Å². The molecule has 0 atom stereocenters. The lowest BCUT2D eigenvalue weighted by Crippen LogP contribution is -2.15. The summed E-state index contributed by atoms with van der Waals surface area (Å²) >= 11 is 0. The van der Waals surface area contributed by atoms with Gasteiger partial charge in [-0.2, -0.15) is 13.2 Å². The molecule has 0 bridgehead atoms. The quantitative estimate of drug-likeness (QED) is 0.397. The molecule has 6 heteroatoms. The SMILES string of the molecule is CCC(=O)Oc1cccc(C(F)(F)F)c1COc1cc(C)c(CC)cc1C1CC1. The van der Waals surface area contributed by atoms with E-state index in [1.54, 1.807) is 6.92 Å². The zero-order valence-electron chi connectivity index (χ0n) is 16.9. The summed E-state index contributed by atoms with van der Waals surface area (Å²) in [5.41, 5.74) is 2.29. The molecule has 156 valence electrons. The first-order chi connectivity index (χ1) is 13.7. The standard InChI is InChI=1S/C23H25F3O3/c1-4-15-12-17(16-9-10-16)21(11-14(15)3)28-13-18-19(23(24,25)26)7-6-8-20(18)29-22(27)5-2/h6-8,11-12,16H,4-5,9-10,13H2,1-3H3. The molecular formula is C23H25F3O3. The van der Waals surface area contributed by atoms with Gasteiger partial charge in [-0.25, -0.2) is 0 Å². The van der Waals surface area contributed by atoms with Crippen molar-refractivity contribution in [2.45, 2.75) is 65.2 Å². The van der Waals surface area contributed by atoms with E-state index in [4.69, 9.17) is 9.47 Å². The summed E-state index contributed by atoms with van der Waals surface area (Å²) in [5, 5.41) is 0. The molecule has 1 saturated carbocycles. The number of hydrogen-bond acceptors (Lipinski definition) is 3. The first kappa shape index (κ1) is 21.2. The highest BCUT2D eigenvalue weighted by Crippen LogP contribution is 2.46. The van der Waals surface area contributed by atoms with Crippen LogP contribution in [0.4, 0.5) is 13.2 Å². The number of ether oxygens (including phenoxy) is 2. The topological polar surface area (TPSA) is 35.5 Å². The Balaban J connectivity index is 1.96. The number of hydrogen-bond donors (Lipinski definition) is 0. The Labute approximate surface area is 168 Å². The van der Waals surface area contributed by atoms with Gasteiger partial charge in [0.1, 0.15) is 18.1 Å². The number of esters is 1. The Kier molecular flexibility index (Phi) is 6.20. The molecule has 0 radical (unpaired) electrons. The zero-order chi connectivity index (χ0) is 21.2. The second-order valence-electron chi connectivity index (χ2n) is 7.34. The van der Waals surface area contributed by atoms with E-state index < -0.39 is 17.7 Å². The molecule has 0 saturated heterocycles. The van der Waals surface area contributed by atoms with Crippen LogP contribution in [0.2, 0.25) is 0 Å². The molecule has 0 spiro atoms. The highest BCUT2D eigenvalue weighted by atomic mass is 19.4. The minimum absolute atomic E-state index is 0.0695. The molecule has 1 fully saturated rings. The third-order valence-electron chi connectivity index (χ3n) is 5.19. The van der Waals surface area contributed by atoms with Crippen molar-refractivity contribution in [1.29, 1.82) is 0 Å². The maximum atomic E-state index is 13.6. The maximum absolute atomic E-state index is 13.6. The van der Waals surface area contributed by atoms with Crippen molar-refractivity contribution in [1.82, 2.24) is 0 Å². The second-order valence-corrected chi connectivity index (χ2v) is 7.34. The van der Waals surface area contributed by atoms with E-state index >= 15 is 0 Å². The predicted octanol–water partition coefficient (Wildman–Crippen LogP) is 6.35. The van der Waals surface area contributed by atoms with E-state index in [1.165, 1.54) is 17.7 Å². The molecule has 0 aromatic heterocycles. The van der Waals surface area contributed by atoms with Crippen molar-refractivity contribution in [2.24, 2.45) is 0 Å². The van der Waals surface area contributed by atoms with Crippen LogP contribution >= 0.6 is 0 Å². The smallest absolute Gasteiger partial charge is 0.416 e. The number of benzene rings is 2. The first-order valence-electron chi connectivity index (χ1n) is 9.90. The Morgan fingerprint density at radius 3 is 2.45 bits per heavy atom. The number of rotatable bonds is 7. The van der Waals surface area contributed by atoms with Crippen molar-refractivity contribution >= 4 is 5.97 Å². The molecule has 1 aliphatic carbocycles. The van der Waals surface area contributed by atoms with Crippen LogP contribution in [0.25, 0.3) is 0 Å². The zero-order valence-corrected chi connectivity index (χ0v) is 16.9. The molecule has 1 aliphatic rings. The average Bonchev–Trinajstić information content (AvgIpc) is 3.51. The van der Waals surface area contributed by atoms with Crippen LogP contribution < -0.4 is 9.47 Å². The molecular weight excluding hydrogens is 381 g/mol. The summed E-state index contributed by atoms with van der Waals surface area (Å²) in [5.74, 6) is 0.298. The summed E-state index contributed by atoms with van der Waals surface area (Å²) in [6.45, 7) is 5.31. The summed E-state index contributed by atoms with van der Waals surface area (Å²) in [7, 11) is 0. The average molecular weight is 406 g/mol. The number of aryl methyl sites for hydroxylation is 2. The van der Waals surface area contributed by atoms with E-state index in [0.29, 0.717) is 11.7 Å². The van der Waals surface area contributed by atoms with Gasteiger partial charge >= 0.3 is 12.1 Å². The third kappa shape index (κ3) is 4.92. The van der Waals surface area contributed by atoms with Crippen LogP contribution in [0, 0.1) is 6.92 Å². The molecule has 0 aliphatic heterocycles. The van der Waals surface area contributed by atoms with Crippen LogP contribution in [-0.4, -0.2) is 5.97 Å². The van der Waals surface area contributed by atoms with Crippen LogP contribution in [0.15, 0.2) is 30.3 Å². The number of alkyl halides is 3.